The molecule has 1 unspecified atom stereocenters. The van der Waals surface area contributed by atoms with E-state index < -0.39 is 11.4 Å². The second-order valence-corrected chi connectivity index (χ2v) is 6.63. The number of Topliss-reactive ketones (excluding diaryl/α,β-unsaturated/α-hetero) is 1. The van der Waals surface area contributed by atoms with Crippen LogP contribution in [0.3, 0.4) is 0 Å². The van der Waals surface area contributed by atoms with Gasteiger partial charge in [-0.05, 0) is 23.9 Å². The third-order valence-corrected chi connectivity index (χ3v) is 4.81. The Morgan fingerprint density at radius 3 is 2.38 bits per heavy atom. The third kappa shape index (κ3) is 4.29. The van der Waals surface area contributed by atoms with Crippen molar-refractivity contribution in [2.75, 3.05) is 6.54 Å². The molecule has 0 saturated heterocycles. The smallest absolute Gasteiger partial charge is 0.315 e. The summed E-state index contributed by atoms with van der Waals surface area (Å²) in [6, 6.07) is 12.3. The molecule has 0 aliphatic carbocycles. The van der Waals surface area contributed by atoms with Gasteiger partial charge in [-0.25, -0.2) is 0 Å². The summed E-state index contributed by atoms with van der Waals surface area (Å²) < 4.78 is 0. The zero-order chi connectivity index (χ0) is 17.6. The average molecular weight is 345 g/mol. The number of aliphatic carboxylic acids is 1. The zero-order valence-electron chi connectivity index (χ0n) is 13.3. The van der Waals surface area contributed by atoms with Crippen LogP contribution in [0, 0.1) is 0 Å². The number of carbonyl (C=O) groups is 3. The number of hydrogen-bond acceptors (Lipinski definition) is 4. The van der Waals surface area contributed by atoms with Crippen LogP contribution in [0.25, 0.3) is 0 Å². The lowest BCUT2D eigenvalue weighted by Gasteiger charge is -2.25. The highest BCUT2D eigenvalue weighted by Crippen LogP contribution is 2.23. The van der Waals surface area contributed by atoms with Gasteiger partial charge in [0.15, 0.2) is 5.78 Å². The van der Waals surface area contributed by atoms with Crippen LogP contribution in [0.15, 0.2) is 47.8 Å². The van der Waals surface area contributed by atoms with Crippen LogP contribution in [0.2, 0.25) is 0 Å². The molecule has 1 amide bonds. The molecule has 2 rings (SSSR count). The number of benzene rings is 1. The molecular formula is C18H19NO4S. The highest BCUT2D eigenvalue weighted by molar-refractivity contribution is 7.12. The van der Waals surface area contributed by atoms with E-state index in [-0.39, 0.29) is 31.1 Å². The molecule has 24 heavy (non-hydrogen) atoms. The standard InChI is InChI=1S/C18H19NO4S/c1-18(17(22)23,13-6-3-2-4-7-13)12-19-16(21)10-9-14(20)15-8-5-11-24-15/h2-8,11H,9-10,12H2,1H3,(H,19,21)(H,22,23). The fourth-order valence-electron chi connectivity index (χ4n) is 2.26. The van der Waals surface area contributed by atoms with Gasteiger partial charge >= 0.3 is 5.97 Å². The average Bonchev–Trinajstić information content (AvgIpc) is 3.12. The van der Waals surface area contributed by atoms with Gasteiger partial charge < -0.3 is 10.4 Å². The molecule has 0 fully saturated rings. The van der Waals surface area contributed by atoms with Crippen molar-refractivity contribution in [1.82, 2.24) is 5.32 Å². The van der Waals surface area contributed by atoms with Crippen molar-refractivity contribution >= 4 is 29.0 Å². The molecular weight excluding hydrogens is 326 g/mol. The molecule has 126 valence electrons. The fourth-order valence-corrected chi connectivity index (χ4v) is 2.95. The maximum atomic E-state index is 12.0. The minimum atomic E-state index is -1.21. The molecule has 0 radical (unpaired) electrons. The lowest BCUT2D eigenvalue weighted by atomic mass is 9.82. The van der Waals surface area contributed by atoms with Crippen molar-refractivity contribution in [3.8, 4) is 0 Å². The van der Waals surface area contributed by atoms with Gasteiger partial charge in [-0.3, -0.25) is 14.4 Å². The first-order valence-electron chi connectivity index (χ1n) is 7.56. The Kier molecular flexibility index (Phi) is 5.87. The lowest BCUT2D eigenvalue weighted by Crippen LogP contribution is -2.44. The normalized spacial score (nSPS) is 13.0. The molecule has 5 nitrogen and oxygen atoms in total. The van der Waals surface area contributed by atoms with Gasteiger partial charge in [-0.1, -0.05) is 36.4 Å². The van der Waals surface area contributed by atoms with Crippen LogP contribution >= 0.6 is 11.3 Å². The van der Waals surface area contributed by atoms with E-state index in [2.05, 4.69) is 5.32 Å². The summed E-state index contributed by atoms with van der Waals surface area (Å²) in [6.45, 7) is 1.54. The molecule has 1 atom stereocenters. The minimum absolute atomic E-state index is 0.0294. The maximum Gasteiger partial charge on any atom is 0.315 e. The molecule has 0 spiro atoms. The van der Waals surface area contributed by atoms with E-state index in [0.717, 1.165) is 0 Å². The summed E-state index contributed by atoms with van der Waals surface area (Å²) in [5, 5.41) is 14.0. The summed E-state index contributed by atoms with van der Waals surface area (Å²) in [5.74, 6) is -1.42. The predicted octanol–water partition coefficient (Wildman–Crippen LogP) is 2.87. The van der Waals surface area contributed by atoms with Gasteiger partial charge in [0.2, 0.25) is 5.91 Å². The van der Waals surface area contributed by atoms with Gasteiger partial charge in [0, 0.05) is 19.4 Å². The molecule has 0 bridgehead atoms. The van der Waals surface area contributed by atoms with Crippen molar-refractivity contribution in [1.29, 1.82) is 0 Å². The summed E-state index contributed by atoms with van der Waals surface area (Å²) in [6.07, 6.45) is 0.155. The first kappa shape index (κ1) is 17.9. The minimum Gasteiger partial charge on any atom is -0.481 e. The molecule has 0 aliphatic heterocycles. The van der Waals surface area contributed by atoms with Crippen molar-refractivity contribution in [2.24, 2.45) is 0 Å². The highest BCUT2D eigenvalue weighted by atomic mass is 32.1. The molecule has 1 aromatic carbocycles. The van der Waals surface area contributed by atoms with Crippen LogP contribution in [-0.4, -0.2) is 29.3 Å². The predicted molar refractivity (Wildman–Crippen MR) is 92.3 cm³/mol. The number of nitrogens with one attached hydrogen (secondary N) is 1. The largest absolute Gasteiger partial charge is 0.481 e. The van der Waals surface area contributed by atoms with Crippen LogP contribution in [-0.2, 0) is 15.0 Å². The second-order valence-electron chi connectivity index (χ2n) is 5.68. The quantitative estimate of drug-likeness (QED) is 0.721. The van der Waals surface area contributed by atoms with Crippen LogP contribution in [0.5, 0.6) is 0 Å². The second kappa shape index (κ2) is 7.88. The van der Waals surface area contributed by atoms with Crippen LogP contribution in [0.4, 0.5) is 0 Å². The van der Waals surface area contributed by atoms with Gasteiger partial charge in [0.25, 0.3) is 0 Å². The van der Waals surface area contributed by atoms with E-state index in [4.69, 9.17) is 0 Å². The maximum absolute atomic E-state index is 12.0. The van der Waals surface area contributed by atoms with Crippen molar-refractivity contribution in [2.45, 2.75) is 25.2 Å². The summed E-state index contributed by atoms with van der Waals surface area (Å²) in [4.78, 5) is 36.1. The number of hydrogen-bond donors (Lipinski definition) is 2. The third-order valence-electron chi connectivity index (χ3n) is 3.90. The zero-order valence-corrected chi connectivity index (χ0v) is 14.1. The Labute approximate surface area is 144 Å². The number of ketones is 1. The van der Waals surface area contributed by atoms with E-state index >= 15 is 0 Å². The van der Waals surface area contributed by atoms with Crippen molar-refractivity contribution in [3.05, 3.63) is 58.3 Å². The summed E-state index contributed by atoms with van der Waals surface area (Å²) in [5.41, 5.74) is -0.596. The number of thiophene rings is 1. The highest BCUT2D eigenvalue weighted by Gasteiger charge is 2.35. The Morgan fingerprint density at radius 1 is 1.08 bits per heavy atom. The molecule has 1 heterocycles. The van der Waals surface area contributed by atoms with Gasteiger partial charge in [-0.2, -0.15) is 0 Å². The lowest BCUT2D eigenvalue weighted by molar-refractivity contribution is -0.143. The number of carbonyl (C=O) groups excluding carboxylic acids is 2. The fraction of sp³-hybridized carbons (Fsp3) is 0.278. The van der Waals surface area contributed by atoms with Gasteiger partial charge in [0.1, 0.15) is 5.41 Å². The van der Waals surface area contributed by atoms with Gasteiger partial charge in [0.05, 0.1) is 4.88 Å². The van der Waals surface area contributed by atoms with Crippen molar-refractivity contribution in [3.63, 3.8) is 0 Å². The summed E-state index contributed by atoms with van der Waals surface area (Å²) >= 11 is 1.34. The van der Waals surface area contributed by atoms with E-state index in [9.17, 15) is 19.5 Å². The summed E-state index contributed by atoms with van der Waals surface area (Å²) in [7, 11) is 0. The Morgan fingerprint density at radius 2 is 1.79 bits per heavy atom. The number of rotatable bonds is 8. The Bertz CT molecular complexity index is 712. The first-order valence-corrected chi connectivity index (χ1v) is 8.44. The molecule has 0 saturated carbocycles. The van der Waals surface area contributed by atoms with E-state index in [1.54, 1.807) is 49.4 Å². The van der Waals surface area contributed by atoms with Crippen molar-refractivity contribution < 1.29 is 19.5 Å². The number of amides is 1. The van der Waals surface area contributed by atoms with Crippen LogP contribution in [0.1, 0.15) is 35.0 Å². The Balaban J connectivity index is 1.91. The van der Waals surface area contributed by atoms with Crippen LogP contribution < -0.4 is 5.32 Å². The van der Waals surface area contributed by atoms with E-state index in [1.807, 2.05) is 5.38 Å². The molecule has 6 heteroatoms. The van der Waals surface area contributed by atoms with Gasteiger partial charge in [-0.15, -0.1) is 11.3 Å². The molecule has 2 N–H and O–H groups in total. The molecule has 0 aliphatic rings. The molecule has 2 aromatic rings. The van der Waals surface area contributed by atoms with E-state index in [1.165, 1.54) is 11.3 Å². The SMILES string of the molecule is CC(CNC(=O)CCC(=O)c1cccs1)(C(=O)O)c1ccccc1. The van der Waals surface area contributed by atoms with E-state index in [0.29, 0.717) is 10.4 Å². The Hall–Kier alpha value is -2.47. The first-order chi connectivity index (χ1) is 11.4. The monoisotopic (exact) mass is 345 g/mol. The number of carboxylic acid groups (broad SMARTS) is 1. The topological polar surface area (TPSA) is 83.5 Å². The molecule has 1 aromatic heterocycles. The number of carboxylic acids is 1.